The molecule has 1 atom stereocenters. The lowest BCUT2D eigenvalue weighted by Gasteiger charge is -2.12. The third-order valence-corrected chi connectivity index (χ3v) is 4.09. The molecule has 0 aliphatic carbocycles. The molecule has 1 aromatic carbocycles. The first-order chi connectivity index (χ1) is 10.6. The Kier molecular flexibility index (Phi) is 6.30. The molecule has 1 amide bonds. The third-order valence-electron chi connectivity index (χ3n) is 2.87. The van der Waals surface area contributed by atoms with Gasteiger partial charge in [-0.1, -0.05) is 23.4 Å². The molecule has 0 spiro atoms. The number of halogens is 1. The zero-order valence-electron chi connectivity index (χ0n) is 12.5. The first-order valence-electron chi connectivity index (χ1n) is 6.80. The molecule has 0 bridgehead atoms. The van der Waals surface area contributed by atoms with Crippen LogP contribution >= 0.6 is 23.4 Å². The lowest BCUT2D eigenvalue weighted by molar-refractivity contribution is -0.119. The predicted molar refractivity (Wildman–Crippen MR) is 88.8 cm³/mol. The number of carbonyl (C=O) groups excluding carboxylic acids is 1. The molecule has 0 unspecified atom stereocenters. The van der Waals surface area contributed by atoms with Crippen LogP contribution in [-0.2, 0) is 9.53 Å². The predicted octanol–water partition coefficient (Wildman–Crippen LogP) is 2.77. The number of benzene rings is 1. The lowest BCUT2D eigenvalue weighted by atomic mass is 10.3. The van der Waals surface area contributed by atoms with Crippen molar-refractivity contribution in [3.63, 3.8) is 0 Å². The van der Waals surface area contributed by atoms with Gasteiger partial charge in [-0.05, 0) is 31.2 Å². The summed E-state index contributed by atoms with van der Waals surface area (Å²) in [7, 11) is 1.61. The van der Waals surface area contributed by atoms with Crippen molar-refractivity contribution < 1.29 is 9.53 Å². The molecule has 7 heteroatoms. The van der Waals surface area contributed by atoms with E-state index in [1.54, 1.807) is 13.3 Å². The average Bonchev–Trinajstić information content (AvgIpc) is 2.94. The molecule has 0 radical (unpaired) electrons. The number of amides is 1. The molecule has 0 saturated carbocycles. The lowest BCUT2D eigenvalue weighted by Crippen LogP contribution is -2.36. The summed E-state index contributed by atoms with van der Waals surface area (Å²) >= 11 is 7.28. The number of rotatable bonds is 7. The summed E-state index contributed by atoms with van der Waals surface area (Å²) in [6, 6.07) is 7.47. The van der Waals surface area contributed by atoms with E-state index in [1.165, 1.54) is 11.8 Å². The van der Waals surface area contributed by atoms with Crippen molar-refractivity contribution in [2.45, 2.75) is 18.1 Å². The van der Waals surface area contributed by atoms with Crippen LogP contribution in [0.4, 0.5) is 0 Å². The van der Waals surface area contributed by atoms with Crippen LogP contribution in [0, 0.1) is 0 Å². The molecule has 0 aliphatic heterocycles. The zero-order chi connectivity index (χ0) is 15.9. The van der Waals surface area contributed by atoms with Gasteiger partial charge in [0.25, 0.3) is 0 Å². The summed E-state index contributed by atoms with van der Waals surface area (Å²) in [4.78, 5) is 16.2. The summed E-state index contributed by atoms with van der Waals surface area (Å²) in [6.45, 7) is 2.40. The number of hydrogen-bond donors (Lipinski definition) is 1. The van der Waals surface area contributed by atoms with Crippen molar-refractivity contribution in [3.8, 4) is 5.69 Å². The molecule has 118 valence electrons. The van der Waals surface area contributed by atoms with Crippen LogP contribution < -0.4 is 5.32 Å². The normalized spacial score (nSPS) is 12.1. The third kappa shape index (κ3) is 4.76. The summed E-state index contributed by atoms with van der Waals surface area (Å²) in [5.41, 5.74) is 0.956. The van der Waals surface area contributed by atoms with Crippen LogP contribution in [-0.4, -0.2) is 41.0 Å². The first-order valence-corrected chi connectivity index (χ1v) is 8.17. The Morgan fingerprint density at radius 1 is 1.45 bits per heavy atom. The van der Waals surface area contributed by atoms with Gasteiger partial charge in [-0.2, -0.15) is 0 Å². The standard InChI is InChI=1S/C15H18ClN3O2S/c1-11(9-21-2)18-14(20)10-22-15-17-7-8-19(15)13-5-3-12(16)4-6-13/h3-8,11H,9-10H2,1-2H3,(H,18,20)/t11-/m1/s1. The number of carbonyl (C=O) groups is 1. The van der Waals surface area contributed by atoms with Crippen molar-refractivity contribution in [1.82, 2.24) is 14.9 Å². The van der Waals surface area contributed by atoms with Crippen molar-refractivity contribution in [3.05, 3.63) is 41.7 Å². The maximum atomic E-state index is 11.9. The summed E-state index contributed by atoms with van der Waals surface area (Å²) < 4.78 is 6.92. The summed E-state index contributed by atoms with van der Waals surface area (Å²) in [5, 5.41) is 4.32. The first kappa shape index (κ1) is 16.9. The topological polar surface area (TPSA) is 56.1 Å². The van der Waals surface area contributed by atoms with Gasteiger partial charge in [0.15, 0.2) is 5.16 Å². The van der Waals surface area contributed by atoms with Crippen molar-refractivity contribution in [2.24, 2.45) is 0 Å². The van der Waals surface area contributed by atoms with E-state index in [0.717, 1.165) is 10.8 Å². The second-order valence-electron chi connectivity index (χ2n) is 4.77. The van der Waals surface area contributed by atoms with Crippen LogP contribution in [0.1, 0.15) is 6.92 Å². The van der Waals surface area contributed by atoms with E-state index in [-0.39, 0.29) is 11.9 Å². The van der Waals surface area contributed by atoms with Crippen molar-refractivity contribution in [2.75, 3.05) is 19.5 Å². The minimum Gasteiger partial charge on any atom is -0.383 e. The Hall–Kier alpha value is -1.50. The minimum atomic E-state index is -0.0415. The monoisotopic (exact) mass is 339 g/mol. The van der Waals surface area contributed by atoms with Gasteiger partial charge in [-0.15, -0.1) is 0 Å². The highest BCUT2D eigenvalue weighted by molar-refractivity contribution is 7.99. The fourth-order valence-corrected chi connectivity index (χ4v) is 2.84. The second kappa shape index (κ2) is 8.22. The number of methoxy groups -OCH3 is 1. The Balaban J connectivity index is 1.96. The van der Waals surface area contributed by atoms with Crippen LogP contribution in [0.25, 0.3) is 5.69 Å². The Bertz CT molecular complexity index is 616. The van der Waals surface area contributed by atoms with E-state index in [0.29, 0.717) is 17.4 Å². The van der Waals surface area contributed by atoms with E-state index in [4.69, 9.17) is 16.3 Å². The van der Waals surface area contributed by atoms with Gasteiger partial charge in [0, 0.05) is 36.3 Å². The Labute approximate surface area is 139 Å². The number of ether oxygens (including phenoxy) is 1. The number of nitrogens with zero attached hydrogens (tertiary/aromatic N) is 2. The van der Waals surface area contributed by atoms with Gasteiger partial charge in [0.2, 0.25) is 5.91 Å². The maximum Gasteiger partial charge on any atom is 0.230 e. The number of imidazole rings is 1. The van der Waals surface area contributed by atoms with Gasteiger partial charge < -0.3 is 10.1 Å². The molecule has 2 rings (SSSR count). The van der Waals surface area contributed by atoms with Gasteiger partial charge in [-0.25, -0.2) is 4.98 Å². The number of aromatic nitrogens is 2. The Morgan fingerprint density at radius 3 is 2.86 bits per heavy atom. The van der Waals surface area contributed by atoms with E-state index in [1.807, 2.05) is 42.0 Å². The van der Waals surface area contributed by atoms with E-state index in [9.17, 15) is 4.79 Å². The van der Waals surface area contributed by atoms with Crippen LogP contribution in [0.3, 0.4) is 0 Å². The highest BCUT2D eigenvalue weighted by atomic mass is 35.5. The molecule has 0 saturated heterocycles. The van der Waals surface area contributed by atoms with E-state index in [2.05, 4.69) is 10.3 Å². The van der Waals surface area contributed by atoms with Crippen LogP contribution in [0.5, 0.6) is 0 Å². The molecule has 1 heterocycles. The molecule has 5 nitrogen and oxygen atoms in total. The molecule has 1 N–H and O–H groups in total. The molecule has 0 aliphatic rings. The smallest absolute Gasteiger partial charge is 0.230 e. The number of nitrogens with one attached hydrogen (secondary N) is 1. The number of thioether (sulfide) groups is 1. The number of hydrogen-bond acceptors (Lipinski definition) is 4. The molecular weight excluding hydrogens is 322 g/mol. The zero-order valence-corrected chi connectivity index (χ0v) is 14.0. The summed E-state index contributed by atoms with van der Waals surface area (Å²) in [6.07, 6.45) is 3.57. The molecule has 22 heavy (non-hydrogen) atoms. The van der Waals surface area contributed by atoms with Gasteiger partial charge in [0.1, 0.15) is 0 Å². The fourth-order valence-electron chi connectivity index (χ4n) is 1.93. The SMILES string of the molecule is COC[C@@H](C)NC(=O)CSc1nccn1-c1ccc(Cl)cc1. The molecule has 2 aromatic rings. The quantitative estimate of drug-likeness (QED) is 0.788. The minimum absolute atomic E-state index is 0.00545. The van der Waals surface area contributed by atoms with Crippen molar-refractivity contribution >= 4 is 29.3 Å². The molecular formula is C15H18ClN3O2S. The molecule has 0 fully saturated rings. The second-order valence-corrected chi connectivity index (χ2v) is 6.15. The fraction of sp³-hybridized carbons (Fsp3) is 0.333. The average molecular weight is 340 g/mol. The Morgan fingerprint density at radius 2 is 2.18 bits per heavy atom. The van der Waals surface area contributed by atoms with Gasteiger partial charge >= 0.3 is 0 Å². The van der Waals surface area contributed by atoms with E-state index < -0.39 is 0 Å². The van der Waals surface area contributed by atoms with Crippen molar-refractivity contribution in [1.29, 1.82) is 0 Å². The van der Waals surface area contributed by atoms with Gasteiger partial charge in [-0.3, -0.25) is 9.36 Å². The highest BCUT2D eigenvalue weighted by Crippen LogP contribution is 2.21. The largest absolute Gasteiger partial charge is 0.383 e. The highest BCUT2D eigenvalue weighted by Gasteiger charge is 2.11. The van der Waals surface area contributed by atoms with E-state index >= 15 is 0 Å². The maximum absolute atomic E-state index is 11.9. The van der Waals surface area contributed by atoms with Crippen LogP contribution in [0.2, 0.25) is 5.02 Å². The molecule has 1 aromatic heterocycles. The van der Waals surface area contributed by atoms with Crippen LogP contribution in [0.15, 0.2) is 41.8 Å². The van der Waals surface area contributed by atoms with Gasteiger partial charge in [0.05, 0.1) is 12.4 Å². The summed E-state index contributed by atoms with van der Waals surface area (Å²) in [5.74, 6) is 0.263.